The summed E-state index contributed by atoms with van der Waals surface area (Å²) in [4.78, 5) is 2.50. The van der Waals surface area contributed by atoms with Crippen molar-refractivity contribution in [2.45, 2.75) is 12.8 Å². The van der Waals surface area contributed by atoms with E-state index in [1.165, 1.54) is 83.1 Å². The smallest absolute Gasteiger partial charge is 0.0500 e. The van der Waals surface area contributed by atoms with Crippen LogP contribution >= 0.6 is 0 Å². The third kappa shape index (κ3) is 4.88. The molecule has 0 aliphatic carbocycles. The lowest BCUT2D eigenvalue weighted by atomic mass is 9.90. The predicted octanol–water partition coefficient (Wildman–Crippen LogP) is 12.6. The molecule has 0 aromatic heterocycles. The Labute approximate surface area is 276 Å². The molecule has 0 fully saturated rings. The van der Waals surface area contributed by atoms with Gasteiger partial charge in [0, 0.05) is 17.1 Å². The first-order valence-corrected chi connectivity index (χ1v) is 16.5. The van der Waals surface area contributed by atoms with Crippen LogP contribution in [0.5, 0.6) is 0 Å². The Morgan fingerprint density at radius 2 is 0.851 bits per heavy atom. The topological polar surface area (TPSA) is 3.24 Å². The summed E-state index contributed by atoms with van der Waals surface area (Å²) in [5, 5.41) is 5.05. The lowest BCUT2D eigenvalue weighted by Gasteiger charge is -2.28. The summed E-state index contributed by atoms with van der Waals surface area (Å²) in [6, 6.07) is 64.6. The van der Waals surface area contributed by atoms with E-state index in [-0.39, 0.29) is 0 Å². The molecule has 0 atom stereocenters. The predicted molar refractivity (Wildman–Crippen MR) is 200 cm³/mol. The summed E-state index contributed by atoms with van der Waals surface area (Å²) in [7, 11) is 0. The minimum Gasteiger partial charge on any atom is -0.310 e. The van der Waals surface area contributed by atoms with Crippen molar-refractivity contribution in [1.82, 2.24) is 0 Å². The summed E-state index contributed by atoms with van der Waals surface area (Å²) in [6.45, 7) is 0. The molecule has 0 radical (unpaired) electrons. The highest BCUT2D eigenvalue weighted by Gasteiger charge is 2.24. The zero-order valence-corrected chi connectivity index (χ0v) is 26.1. The van der Waals surface area contributed by atoms with Crippen molar-refractivity contribution in [3.05, 3.63) is 187 Å². The van der Waals surface area contributed by atoms with Crippen LogP contribution in [0.15, 0.2) is 176 Å². The van der Waals surface area contributed by atoms with E-state index in [1.54, 1.807) is 0 Å². The van der Waals surface area contributed by atoms with Crippen LogP contribution in [0.25, 0.3) is 54.9 Å². The number of aryl methyl sites for hydroxylation is 2. The number of nitrogens with zero attached hydrogens (tertiary/aromatic N) is 1. The molecule has 222 valence electrons. The highest BCUT2D eigenvalue weighted by molar-refractivity contribution is 5.99. The molecule has 0 saturated carbocycles. The minimum absolute atomic E-state index is 0.989. The Hall–Kier alpha value is -5.92. The maximum absolute atomic E-state index is 2.50. The molecule has 1 heteroatoms. The van der Waals surface area contributed by atoms with Crippen molar-refractivity contribution in [2.75, 3.05) is 4.90 Å². The number of hydrogen-bond acceptors (Lipinski definition) is 1. The first-order chi connectivity index (χ1) is 23.3. The molecule has 1 nitrogen and oxygen atoms in total. The molecule has 0 unspecified atom stereocenters. The van der Waals surface area contributed by atoms with Crippen LogP contribution in [0.1, 0.15) is 11.1 Å². The van der Waals surface area contributed by atoms with E-state index in [2.05, 4.69) is 181 Å². The molecule has 0 N–H and O–H groups in total. The third-order valence-corrected chi connectivity index (χ3v) is 9.71. The second-order valence-electron chi connectivity index (χ2n) is 12.5. The van der Waals surface area contributed by atoms with Gasteiger partial charge in [-0.05, 0) is 115 Å². The van der Waals surface area contributed by atoms with Crippen molar-refractivity contribution in [3.8, 4) is 33.4 Å². The lowest BCUT2D eigenvalue weighted by molar-refractivity contribution is 0.978. The second kappa shape index (κ2) is 11.5. The maximum Gasteiger partial charge on any atom is 0.0500 e. The van der Waals surface area contributed by atoms with Crippen LogP contribution < -0.4 is 4.90 Å². The van der Waals surface area contributed by atoms with Crippen LogP contribution in [-0.4, -0.2) is 0 Å². The number of benzene rings is 8. The van der Waals surface area contributed by atoms with E-state index in [0.29, 0.717) is 0 Å². The maximum atomic E-state index is 2.50. The van der Waals surface area contributed by atoms with Gasteiger partial charge in [0.15, 0.2) is 0 Å². The first-order valence-electron chi connectivity index (χ1n) is 16.5. The van der Waals surface area contributed by atoms with E-state index in [4.69, 9.17) is 0 Å². The molecule has 0 saturated heterocycles. The van der Waals surface area contributed by atoms with Crippen LogP contribution in [0.4, 0.5) is 17.1 Å². The highest BCUT2D eigenvalue weighted by Crippen LogP contribution is 2.46. The number of para-hydroxylation sites is 1. The van der Waals surface area contributed by atoms with Crippen molar-refractivity contribution in [3.63, 3.8) is 0 Å². The van der Waals surface area contributed by atoms with Gasteiger partial charge in [-0.1, -0.05) is 140 Å². The van der Waals surface area contributed by atoms with Crippen molar-refractivity contribution in [1.29, 1.82) is 0 Å². The molecule has 47 heavy (non-hydrogen) atoms. The second-order valence-corrected chi connectivity index (χ2v) is 12.5. The minimum atomic E-state index is 0.989. The van der Waals surface area contributed by atoms with Crippen molar-refractivity contribution in [2.24, 2.45) is 0 Å². The normalized spacial score (nSPS) is 12.5. The summed E-state index contributed by atoms with van der Waals surface area (Å²) in [6.07, 6.45) is 1.98. The van der Waals surface area contributed by atoms with Crippen LogP contribution in [-0.2, 0) is 12.8 Å². The van der Waals surface area contributed by atoms with E-state index >= 15 is 0 Å². The van der Waals surface area contributed by atoms with Crippen LogP contribution in [0.2, 0.25) is 0 Å². The van der Waals surface area contributed by atoms with Gasteiger partial charge < -0.3 is 4.90 Å². The number of rotatable bonds is 4. The fraction of sp³-hybridized carbons (Fsp3) is 0.0435. The van der Waals surface area contributed by atoms with Gasteiger partial charge >= 0.3 is 0 Å². The Balaban J connectivity index is 1.26. The molecule has 1 aliphatic heterocycles. The largest absolute Gasteiger partial charge is 0.310 e. The number of hydrogen-bond donors (Lipinski definition) is 0. The summed E-state index contributed by atoms with van der Waals surface area (Å²) < 4.78 is 0. The van der Waals surface area contributed by atoms with Crippen molar-refractivity contribution >= 4 is 38.6 Å². The van der Waals surface area contributed by atoms with Gasteiger partial charge in [-0.2, -0.15) is 0 Å². The van der Waals surface area contributed by atoms with Gasteiger partial charge in [0.25, 0.3) is 0 Å². The quantitative estimate of drug-likeness (QED) is 0.194. The average molecular weight is 600 g/mol. The lowest BCUT2D eigenvalue weighted by Crippen LogP contribution is -2.12. The zero-order chi connectivity index (χ0) is 31.2. The molecule has 0 spiro atoms. The highest BCUT2D eigenvalue weighted by atomic mass is 15.1. The Kier molecular flexibility index (Phi) is 6.68. The monoisotopic (exact) mass is 599 g/mol. The van der Waals surface area contributed by atoms with Gasteiger partial charge in [-0.15, -0.1) is 0 Å². The molecular formula is C46H33N. The molecule has 1 aliphatic rings. The number of fused-ring (bicyclic) bond motifs is 4. The van der Waals surface area contributed by atoms with Crippen LogP contribution in [0, 0.1) is 0 Å². The third-order valence-electron chi connectivity index (χ3n) is 9.71. The van der Waals surface area contributed by atoms with Gasteiger partial charge in [-0.25, -0.2) is 0 Å². The van der Waals surface area contributed by atoms with E-state index in [0.717, 1.165) is 12.8 Å². The fourth-order valence-electron chi connectivity index (χ4n) is 7.37. The van der Waals surface area contributed by atoms with E-state index < -0.39 is 0 Å². The summed E-state index contributed by atoms with van der Waals surface area (Å²) >= 11 is 0. The standard InChI is InChI=1S/C46H33N/c1-3-12-33(13-4-1)43-28-36-15-7-8-16-37(36)29-44(43)39-27-25-35-23-22-34-24-26-38(42-21-11-17-32-14-9-10-20-41(32)42)30-45(34)47(46(35)31-39)40-18-5-2-6-19-40/h1-21,24-31H,22-23H2. The molecule has 0 amide bonds. The molecule has 8 aromatic rings. The van der Waals surface area contributed by atoms with Gasteiger partial charge in [0.2, 0.25) is 0 Å². The Morgan fingerprint density at radius 3 is 1.51 bits per heavy atom. The van der Waals surface area contributed by atoms with Crippen LogP contribution in [0.3, 0.4) is 0 Å². The van der Waals surface area contributed by atoms with Crippen molar-refractivity contribution < 1.29 is 0 Å². The number of anilines is 3. The molecule has 1 heterocycles. The van der Waals surface area contributed by atoms with Gasteiger partial charge in [-0.3, -0.25) is 0 Å². The summed E-state index contributed by atoms with van der Waals surface area (Å²) in [5.41, 5.74) is 13.9. The SMILES string of the molecule is c1ccc(-c2cc3ccccc3cc2-c2ccc3c(c2)N(c2ccccc2)c2cc(-c4cccc5ccccc45)ccc2CC3)cc1. The summed E-state index contributed by atoms with van der Waals surface area (Å²) in [5.74, 6) is 0. The Morgan fingerprint density at radius 1 is 0.340 bits per heavy atom. The molecule has 0 bridgehead atoms. The molecule has 9 rings (SSSR count). The molecule has 8 aromatic carbocycles. The van der Waals surface area contributed by atoms with E-state index in [9.17, 15) is 0 Å². The van der Waals surface area contributed by atoms with Gasteiger partial charge in [0.05, 0.1) is 0 Å². The average Bonchev–Trinajstić information content (AvgIpc) is 3.31. The zero-order valence-electron chi connectivity index (χ0n) is 26.1. The van der Waals surface area contributed by atoms with Gasteiger partial charge in [0.1, 0.15) is 0 Å². The first kappa shape index (κ1) is 27.4. The fourth-order valence-corrected chi connectivity index (χ4v) is 7.37. The molecular weight excluding hydrogens is 567 g/mol. The Bertz CT molecular complexity index is 2400. The van der Waals surface area contributed by atoms with E-state index in [1.807, 2.05) is 0 Å².